The zero-order chi connectivity index (χ0) is 26.5. The van der Waals surface area contributed by atoms with Crippen LogP contribution >= 0.6 is 0 Å². The lowest BCUT2D eigenvalue weighted by atomic mass is 9.97. The third-order valence-corrected chi connectivity index (χ3v) is 6.48. The number of benzene rings is 2. The largest absolute Gasteiger partial charge is 0.434 e. The van der Waals surface area contributed by atoms with E-state index in [1.165, 1.54) is 4.57 Å². The Morgan fingerprint density at radius 3 is 2.32 bits per heavy atom. The van der Waals surface area contributed by atoms with Crippen LogP contribution in [-0.2, 0) is 26.8 Å². The smallest absolute Gasteiger partial charge is 0.333 e. The second-order valence-electron chi connectivity index (χ2n) is 9.37. The molecule has 5 rings (SSSR count). The van der Waals surface area contributed by atoms with Gasteiger partial charge in [0.05, 0.1) is 12.7 Å². The first-order valence-electron chi connectivity index (χ1n) is 11.8. The van der Waals surface area contributed by atoms with Gasteiger partial charge >= 0.3 is 6.18 Å². The first-order valence-corrected chi connectivity index (χ1v) is 11.8. The third-order valence-electron chi connectivity index (χ3n) is 6.48. The van der Waals surface area contributed by atoms with Crippen LogP contribution in [0, 0.1) is 5.41 Å². The number of aryl methyl sites for hydroxylation is 2. The molecule has 0 bridgehead atoms. The molecule has 0 aliphatic rings. The van der Waals surface area contributed by atoms with E-state index in [0.29, 0.717) is 29.5 Å². The number of alkyl halides is 3. The summed E-state index contributed by atoms with van der Waals surface area (Å²) in [7, 11) is 3.34. The molecule has 1 N–H and O–H groups in total. The highest BCUT2D eigenvalue weighted by Gasteiger charge is 2.34. The molecule has 0 atom stereocenters. The lowest BCUT2D eigenvalue weighted by Gasteiger charge is -2.12. The molecule has 3 aromatic heterocycles. The van der Waals surface area contributed by atoms with Crippen molar-refractivity contribution in [3.05, 3.63) is 83.4 Å². The molecular formula is C27H26F3N7. The van der Waals surface area contributed by atoms with Gasteiger partial charge in [-0.2, -0.15) is 13.2 Å². The van der Waals surface area contributed by atoms with Gasteiger partial charge in [-0.3, -0.25) is 9.98 Å². The van der Waals surface area contributed by atoms with Gasteiger partial charge in [-0.1, -0.05) is 62.4 Å². The molecule has 0 saturated heterocycles. The average Bonchev–Trinajstić information content (AvgIpc) is 3.38. The summed E-state index contributed by atoms with van der Waals surface area (Å²) < 4.78 is 44.1. The highest BCUT2D eigenvalue weighted by molar-refractivity contribution is 5.74. The predicted octanol–water partition coefficient (Wildman–Crippen LogP) is 5.51. The Kier molecular flexibility index (Phi) is 5.97. The fraction of sp³-hybridized carbons (Fsp3) is 0.259. The van der Waals surface area contributed by atoms with Gasteiger partial charge in [-0.25, -0.2) is 15.0 Å². The molecule has 0 aliphatic carbocycles. The van der Waals surface area contributed by atoms with Gasteiger partial charge in [0.15, 0.2) is 17.2 Å². The minimum atomic E-state index is -4.50. The molecule has 0 radical (unpaired) electrons. The first-order chi connectivity index (χ1) is 17.5. The van der Waals surface area contributed by atoms with Gasteiger partial charge in [-0.05, 0) is 17.0 Å². The van der Waals surface area contributed by atoms with Crippen LogP contribution in [0.1, 0.15) is 36.6 Å². The van der Waals surface area contributed by atoms with Crippen LogP contribution in [0.25, 0.3) is 33.9 Å². The van der Waals surface area contributed by atoms with Crippen molar-refractivity contribution in [3.63, 3.8) is 0 Å². The maximum atomic E-state index is 13.1. The number of hydrogen-bond acceptors (Lipinski definition) is 4. The standard InChI is InChI=1S/C27H26F3N7/c1-16(2)19-7-5-6-8-20(19)23-32-13-21-25(34-23)37(26(31)36(21)4)14-17-9-11-18(12-10-17)24-33-22(15-35(24)3)27(28,29)30/h5-13,15-16,31H,14H2,1-4H3. The average molecular weight is 506 g/mol. The van der Waals surface area contributed by atoms with Crippen LogP contribution in [0.5, 0.6) is 0 Å². The highest BCUT2D eigenvalue weighted by Crippen LogP contribution is 2.31. The fourth-order valence-electron chi connectivity index (χ4n) is 4.49. The summed E-state index contributed by atoms with van der Waals surface area (Å²) in [5.74, 6) is 1.13. The lowest BCUT2D eigenvalue weighted by Crippen LogP contribution is -2.23. The Morgan fingerprint density at radius 1 is 0.973 bits per heavy atom. The van der Waals surface area contributed by atoms with E-state index < -0.39 is 11.9 Å². The first kappa shape index (κ1) is 24.5. The number of halogens is 3. The van der Waals surface area contributed by atoms with Gasteiger partial charge in [-0.15, -0.1) is 0 Å². The predicted molar refractivity (Wildman–Crippen MR) is 135 cm³/mol. The number of hydrogen-bond donors (Lipinski definition) is 1. The highest BCUT2D eigenvalue weighted by atomic mass is 19.4. The summed E-state index contributed by atoms with van der Waals surface area (Å²) >= 11 is 0. The van der Waals surface area contributed by atoms with Crippen molar-refractivity contribution in [3.8, 4) is 22.8 Å². The second kappa shape index (κ2) is 9.02. The van der Waals surface area contributed by atoms with E-state index in [1.54, 1.807) is 41.6 Å². The van der Waals surface area contributed by atoms with E-state index in [0.717, 1.165) is 28.4 Å². The number of nitrogens with one attached hydrogen (secondary N) is 1. The van der Waals surface area contributed by atoms with Crippen molar-refractivity contribution in [2.45, 2.75) is 32.5 Å². The second-order valence-corrected chi connectivity index (χ2v) is 9.37. The van der Waals surface area contributed by atoms with Gasteiger partial charge in [0.25, 0.3) is 0 Å². The molecule has 0 fully saturated rings. The van der Waals surface area contributed by atoms with E-state index in [-0.39, 0.29) is 11.4 Å². The zero-order valence-electron chi connectivity index (χ0n) is 20.9. The number of imidazole rings is 2. The summed E-state index contributed by atoms with van der Waals surface area (Å²) in [4.78, 5) is 13.2. The molecule has 7 nitrogen and oxygen atoms in total. The van der Waals surface area contributed by atoms with E-state index in [1.807, 2.05) is 30.3 Å². The Labute approximate surface area is 211 Å². The van der Waals surface area contributed by atoms with E-state index in [4.69, 9.17) is 10.4 Å². The van der Waals surface area contributed by atoms with Crippen LogP contribution in [0.2, 0.25) is 0 Å². The molecule has 0 aliphatic heterocycles. The summed E-state index contributed by atoms with van der Waals surface area (Å²) in [6, 6.07) is 15.2. The quantitative estimate of drug-likeness (QED) is 0.342. The van der Waals surface area contributed by atoms with E-state index in [2.05, 4.69) is 29.9 Å². The van der Waals surface area contributed by atoms with Crippen LogP contribution in [0.4, 0.5) is 13.2 Å². The van der Waals surface area contributed by atoms with Crippen LogP contribution < -0.4 is 5.62 Å². The normalized spacial score (nSPS) is 12.1. The van der Waals surface area contributed by atoms with Crippen LogP contribution in [0.3, 0.4) is 0 Å². The van der Waals surface area contributed by atoms with Crippen molar-refractivity contribution >= 4 is 11.2 Å². The molecule has 3 heterocycles. The van der Waals surface area contributed by atoms with E-state index >= 15 is 0 Å². The summed E-state index contributed by atoms with van der Waals surface area (Å²) in [6.07, 6.45) is -1.77. The van der Waals surface area contributed by atoms with Crippen LogP contribution in [-0.4, -0.2) is 28.7 Å². The Balaban J connectivity index is 1.51. The van der Waals surface area contributed by atoms with Crippen molar-refractivity contribution in [1.29, 1.82) is 5.41 Å². The van der Waals surface area contributed by atoms with Gasteiger partial charge in [0, 0.05) is 31.4 Å². The Hall–Kier alpha value is -4.21. The van der Waals surface area contributed by atoms with Crippen molar-refractivity contribution in [1.82, 2.24) is 28.7 Å². The molecular weight excluding hydrogens is 479 g/mol. The fourth-order valence-corrected chi connectivity index (χ4v) is 4.49. The SMILES string of the molecule is CC(C)c1ccccc1-c1ncc2c(n1)n(Cc1ccc(-c3nc(C(F)(F)F)cn3C)cc1)c(=N)n2C. The minimum Gasteiger partial charge on any atom is -0.333 e. The summed E-state index contributed by atoms with van der Waals surface area (Å²) in [5.41, 5.74) is 4.27. The Bertz CT molecular complexity index is 1650. The van der Waals surface area contributed by atoms with Crippen molar-refractivity contribution in [2.75, 3.05) is 0 Å². The number of nitrogens with zero attached hydrogens (tertiary/aromatic N) is 6. The van der Waals surface area contributed by atoms with Crippen LogP contribution in [0.15, 0.2) is 60.9 Å². The third kappa shape index (κ3) is 4.43. The topological polar surface area (TPSA) is 77.3 Å². The molecule has 5 aromatic rings. The lowest BCUT2D eigenvalue weighted by molar-refractivity contribution is -0.140. The number of aromatic nitrogens is 6. The molecule has 10 heteroatoms. The summed E-state index contributed by atoms with van der Waals surface area (Å²) in [5, 5.41) is 8.66. The van der Waals surface area contributed by atoms with Gasteiger partial charge < -0.3 is 9.13 Å². The maximum Gasteiger partial charge on any atom is 0.434 e. The maximum absolute atomic E-state index is 13.1. The van der Waals surface area contributed by atoms with E-state index in [9.17, 15) is 13.2 Å². The van der Waals surface area contributed by atoms with Gasteiger partial charge in [0.1, 0.15) is 11.3 Å². The Morgan fingerprint density at radius 2 is 1.68 bits per heavy atom. The van der Waals surface area contributed by atoms with Crippen molar-refractivity contribution < 1.29 is 13.2 Å². The molecule has 2 aromatic carbocycles. The van der Waals surface area contributed by atoms with Crippen molar-refractivity contribution in [2.24, 2.45) is 14.1 Å². The molecule has 0 amide bonds. The molecule has 0 saturated carbocycles. The monoisotopic (exact) mass is 505 g/mol. The number of rotatable bonds is 5. The number of fused-ring (bicyclic) bond motifs is 1. The zero-order valence-corrected chi connectivity index (χ0v) is 20.9. The molecule has 190 valence electrons. The molecule has 37 heavy (non-hydrogen) atoms. The minimum absolute atomic E-state index is 0.235. The summed E-state index contributed by atoms with van der Waals surface area (Å²) in [6.45, 7) is 4.62. The van der Waals surface area contributed by atoms with Gasteiger partial charge in [0.2, 0.25) is 5.62 Å². The molecule has 0 unspecified atom stereocenters. The molecule has 0 spiro atoms.